The van der Waals surface area contributed by atoms with E-state index in [1.807, 2.05) is 6.07 Å². The molecular weight excluding hydrogens is 300 g/mol. The van der Waals surface area contributed by atoms with E-state index in [1.165, 1.54) is 0 Å². The Hall–Kier alpha value is -3.24. The summed E-state index contributed by atoms with van der Waals surface area (Å²) in [6.07, 6.45) is 0. The van der Waals surface area contributed by atoms with Gasteiger partial charge in [0.2, 0.25) is 17.1 Å². The van der Waals surface area contributed by atoms with Gasteiger partial charge >= 0.3 is 0 Å². The molecule has 0 saturated carbocycles. The molecule has 0 bridgehead atoms. The van der Waals surface area contributed by atoms with Gasteiger partial charge in [-0.05, 0) is 6.07 Å². The molecule has 0 amide bonds. The van der Waals surface area contributed by atoms with Crippen molar-refractivity contribution in [3.63, 3.8) is 0 Å². The molecule has 7 heteroatoms. The lowest BCUT2D eigenvalue weighted by Crippen LogP contribution is -2.22. The average molecular weight is 312 g/mol. The predicted molar refractivity (Wildman–Crippen MR) is 78.3 cm³/mol. The second-order valence-corrected chi connectivity index (χ2v) is 4.91. The fraction of sp³-hybridized carbons (Fsp3) is 0.125. The van der Waals surface area contributed by atoms with Crippen LogP contribution in [-0.4, -0.2) is 10.2 Å². The number of aliphatic hydroxyl groups excluding tert-OH is 1. The summed E-state index contributed by atoms with van der Waals surface area (Å²) in [5.41, 5.74) is 5.59. The highest BCUT2D eigenvalue weighted by atomic mass is 16.5. The van der Waals surface area contributed by atoms with E-state index in [4.69, 9.17) is 14.9 Å². The van der Waals surface area contributed by atoms with Crippen LogP contribution in [0.3, 0.4) is 0 Å². The number of ether oxygens (including phenoxy) is 1. The van der Waals surface area contributed by atoms with Gasteiger partial charge in [-0.1, -0.05) is 18.2 Å². The second-order valence-electron chi connectivity index (χ2n) is 4.91. The molecule has 1 aromatic carbocycles. The van der Waals surface area contributed by atoms with E-state index >= 15 is 0 Å². The van der Waals surface area contributed by atoms with E-state index in [0.717, 1.165) is 6.07 Å². The summed E-state index contributed by atoms with van der Waals surface area (Å²) in [7, 11) is 0. The number of nitrogens with two attached hydrogens (primary N) is 1. The monoisotopic (exact) mass is 312 g/mol. The van der Waals surface area contributed by atoms with Crippen molar-refractivity contribution in [2.24, 2.45) is 5.73 Å². The fourth-order valence-electron chi connectivity index (χ4n) is 2.50. The number of para-hydroxylation sites is 1. The number of nitrogens with zero attached hydrogens (tertiary/aromatic N) is 1. The van der Waals surface area contributed by atoms with Gasteiger partial charge in [0.1, 0.15) is 29.8 Å². The molecule has 0 aliphatic carbocycles. The Bertz CT molecular complexity index is 907. The largest absolute Gasteiger partial charge is 0.502 e. The number of hydrogen-bond acceptors (Lipinski definition) is 7. The molecule has 0 spiro atoms. The van der Waals surface area contributed by atoms with Crippen molar-refractivity contribution in [1.82, 2.24) is 0 Å². The van der Waals surface area contributed by atoms with Crippen molar-refractivity contribution < 1.29 is 19.4 Å². The number of rotatable bonds is 2. The van der Waals surface area contributed by atoms with Gasteiger partial charge in [0, 0.05) is 11.6 Å². The number of allylic oxidation sites excluding steroid dienone is 1. The molecule has 23 heavy (non-hydrogen) atoms. The van der Waals surface area contributed by atoms with Crippen molar-refractivity contribution in [2.45, 2.75) is 12.5 Å². The van der Waals surface area contributed by atoms with E-state index in [2.05, 4.69) is 0 Å². The third kappa shape index (κ3) is 2.31. The zero-order chi connectivity index (χ0) is 16.6. The van der Waals surface area contributed by atoms with Gasteiger partial charge < -0.3 is 25.1 Å². The SMILES string of the molecule is N#CC1=C(N)Oc2ccccc2C1c1oc(CO)cc(=O)c1O. The van der Waals surface area contributed by atoms with Crippen LogP contribution in [0, 0.1) is 11.3 Å². The minimum absolute atomic E-state index is 0.0113. The van der Waals surface area contributed by atoms with Gasteiger partial charge in [-0.2, -0.15) is 5.26 Å². The van der Waals surface area contributed by atoms with Crippen molar-refractivity contribution in [1.29, 1.82) is 5.26 Å². The Labute approximate surface area is 130 Å². The molecule has 0 saturated heterocycles. The second kappa shape index (κ2) is 5.51. The third-order valence-corrected chi connectivity index (χ3v) is 3.54. The van der Waals surface area contributed by atoms with Crippen LogP contribution in [-0.2, 0) is 6.61 Å². The maximum absolute atomic E-state index is 11.9. The standard InChI is InChI=1S/C16H12N2O5/c17-6-10-13(9-3-1-2-4-12(9)23-16(10)18)15-14(21)11(20)5-8(7-19)22-15/h1-5,13,19,21H,7,18H2. The first-order valence-corrected chi connectivity index (χ1v) is 6.70. The van der Waals surface area contributed by atoms with Crippen LogP contribution in [0.2, 0.25) is 0 Å². The molecule has 2 heterocycles. The van der Waals surface area contributed by atoms with Crippen LogP contribution in [0.25, 0.3) is 0 Å². The van der Waals surface area contributed by atoms with Gasteiger partial charge in [0.25, 0.3) is 0 Å². The number of aliphatic hydroxyl groups is 1. The Morgan fingerprint density at radius 3 is 2.78 bits per heavy atom. The van der Waals surface area contributed by atoms with Gasteiger partial charge in [-0.25, -0.2) is 0 Å². The quantitative estimate of drug-likeness (QED) is 0.755. The molecule has 0 radical (unpaired) electrons. The molecule has 1 aromatic heterocycles. The molecule has 1 aliphatic rings. The predicted octanol–water partition coefficient (Wildman–Crippen LogP) is 1.06. The average Bonchev–Trinajstić information content (AvgIpc) is 2.56. The van der Waals surface area contributed by atoms with E-state index in [0.29, 0.717) is 11.3 Å². The highest BCUT2D eigenvalue weighted by Gasteiger charge is 2.35. The number of benzene rings is 1. The highest BCUT2D eigenvalue weighted by molar-refractivity contribution is 5.55. The van der Waals surface area contributed by atoms with E-state index in [9.17, 15) is 20.3 Å². The van der Waals surface area contributed by atoms with Crippen LogP contribution in [0.1, 0.15) is 23.0 Å². The van der Waals surface area contributed by atoms with Crippen molar-refractivity contribution >= 4 is 0 Å². The smallest absolute Gasteiger partial charge is 0.227 e. The van der Waals surface area contributed by atoms with Crippen molar-refractivity contribution in [3.05, 3.63) is 69.1 Å². The van der Waals surface area contributed by atoms with Crippen LogP contribution in [0.15, 0.2) is 51.0 Å². The van der Waals surface area contributed by atoms with Crippen molar-refractivity contribution in [3.8, 4) is 17.6 Å². The molecule has 1 unspecified atom stereocenters. The summed E-state index contributed by atoms with van der Waals surface area (Å²) in [4.78, 5) is 11.9. The maximum Gasteiger partial charge on any atom is 0.227 e. The Balaban J connectivity index is 2.32. The lowest BCUT2D eigenvalue weighted by Gasteiger charge is -2.25. The molecule has 2 aromatic rings. The van der Waals surface area contributed by atoms with Crippen molar-refractivity contribution in [2.75, 3.05) is 0 Å². The van der Waals surface area contributed by atoms with E-state index < -0.39 is 23.7 Å². The summed E-state index contributed by atoms with van der Waals surface area (Å²) in [5.74, 6) is -1.45. The maximum atomic E-state index is 11.9. The van der Waals surface area contributed by atoms with Gasteiger partial charge in [0.15, 0.2) is 5.76 Å². The molecule has 4 N–H and O–H groups in total. The van der Waals surface area contributed by atoms with Crippen LogP contribution in [0.5, 0.6) is 11.5 Å². The van der Waals surface area contributed by atoms with E-state index in [1.54, 1.807) is 24.3 Å². The molecule has 0 fully saturated rings. The first-order valence-electron chi connectivity index (χ1n) is 6.70. The van der Waals surface area contributed by atoms with Crippen LogP contribution < -0.4 is 15.9 Å². The summed E-state index contributed by atoms with van der Waals surface area (Å²) < 4.78 is 10.8. The third-order valence-electron chi connectivity index (χ3n) is 3.54. The van der Waals surface area contributed by atoms with Crippen LogP contribution >= 0.6 is 0 Å². The summed E-state index contributed by atoms with van der Waals surface area (Å²) >= 11 is 0. The molecule has 116 valence electrons. The minimum Gasteiger partial charge on any atom is -0.502 e. The number of aromatic hydroxyl groups is 1. The highest BCUT2D eigenvalue weighted by Crippen LogP contribution is 2.43. The first-order chi connectivity index (χ1) is 11.1. The normalized spacial score (nSPS) is 16.4. The molecule has 1 aliphatic heterocycles. The Morgan fingerprint density at radius 1 is 1.35 bits per heavy atom. The molecular formula is C16H12N2O5. The van der Waals surface area contributed by atoms with Crippen LogP contribution in [0.4, 0.5) is 0 Å². The lowest BCUT2D eigenvalue weighted by molar-refractivity contribution is 0.234. The number of hydrogen-bond donors (Lipinski definition) is 3. The van der Waals surface area contributed by atoms with Gasteiger partial charge in [0.05, 0.1) is 5.92 Å². The lowest BCUT2D eigenvalue weighted by atomic mass is 9.86. The summed E-state index contributed by atoms with van der Waals surface area (Å²) in [5, 5.41) is 28.7. The zero-order valence-electron chi connectivity index (χ0n) is 11.8. The van der Waals surface area contributed by atoms with Gasteiger partial charge in [-0.3, -0.25) is 4.79 Å². The first kappa shape index (κ1) is 14.7. The molecule has 7 nitrogen and oxygen atoms in total. The van der Waals surface area contributed by atoms with Gasteiger partial charge in [-0.15, -0.1) is 0 Å². The minimum atomic E-state index is -0.899. The number of fused-ring (bicyclic) bond motifs is 1. The summed E-state index contributed by atoms with van der Waals surface area (Å²) in [6, 6.07) is 9.68. The van der Waals surface area contributed by atoms with E-state index in [-0.39, 0.29) is 23.0 Å². The Morgan fingerprint density at radius 2 is 2.09 bits per heavy atom. The molecule has 1 atom stereocenters. The number of nitriles is 1. The zero-order valence-corrected chi connectivity index (χ0v) is 11.8. The molecule has 3 rings (SSSR count). The topological polar surface area (TPSA) is 130 Å². The summed E-state index contributed by atoms with van der Waals surface area (Å²) in [6.45, 7) is -0.519. The fourth-order valence-corrected chi connectivity index (χ4v) is 2.50. The Kier molecular flexibility index (Phi) is 3.52.